The lowest BCUT2D eigenvalue weighted by Gasteiger charge is -2.34. The zero-order valence-corrected chi connectivity index (χ0v) is 11.3. The lowest BCUT2D eigenvalue weighted by Crippen LogP contribution is -2.45. The lowest BCUT2D eigenvalue weighted by molar-refractivity contribution is 0.163. The number of nitrogens with one attached hydrogen (secondary N) is 1. The van der Waals surface area contributed by atoms with Crippen molar-refractivity contribution in [3.63, 3.8) is 0 Å². The Bertz CT molecular complexity index is 361. The summed E-state index contributed by atoms with van der Waals surface area (Å²) in [5, 5.41) is 3.25. The van der Waals surface area contributed by atoms with Crippen molar-refractivity contribution < 1.29 is 8.78 Å². The van der Waals surface area contributed by atoms with Crippen LogP contribution in [0.15, 0.2) is 18.2 Å². The molecule has 1 atom stereocenters. The Balaban J connectivity index is 0.00000162. The molecule has 1 N–H and O–H groups in total. The van der Waals surface area contributed by atoms with Gasteiger partial charge in [-0.3, -0.25) is 4.90 Å². The van der Waals surface area contributed by atoms with Crippen molar-refractivity contribution in [3.05, 3.63) is 35.4 Å². The Morgan fingerprint density at radius 3 is 2.28 bits per heavy atom. The molecule has 0 aliphatic carbocycles. The largest absolute Gasteiger partial charge is 0.314 e. The molecule has 0 bridgehead atoms. The second kappa shape index (κ2) is 7.02. The molecule has 2 rings (SSSR count). The SMILES string of the molecule is CC[C@H](c1c(F)cccc1F)N1CCNCC1.Cl. The maximum Gasteiger partial charge on any atom is 0.130 e. The van der Waals surface area contributed by atoms with Crippen LogP contribution in [0.5, 0.6) is 0 Å². The first-order chi connectivity index (χ1) is 8.24. The van der Waals surface area contributed by atoms with Crippen LogP contribution in [-0.2, 0) is 0 Å². The first-order valence-corrected chi connectivity index (χ1v) is 6.12. The second-order valence-corrected chi connectivity index (χ2v) is 4.35. The van der Waals surface area contributed by atoms with E-state index in [0.29, 0.717) is 0 Å². The van der Waals surface area contributed by atoms with E-state index in [2.05, 4.69) is 10.2 Å². The van der Waals surface area contributed by atoms with E-state index >= 15 is 0 Å². The Hall–Kier alpha value is -0.710. The van der Waals surface area contributed by atoms with E-state index < -0.39 is 11.6 Å². The fraction of sp³-hybridized carbons (Fsp3) is 0.538. The van der Waals surface area contributed by atoms with Crippen LogP contribution >= 0.6 is 12.4 Å². The average Bonchev–Trinajstić information content (AvgIpc) is 2.35. The molecule has 2 nitrogen and oxygen atoms in total. The van der Waals surface area contributed by atoms with Crippen molar-refractivity contribution in [1.29, 1.82) is 0 Å². The third-order valence-corrected chi connectivity index (χ3v) is 3.31. The van der Waals surface area contributed by atoms with E-state index in [0.717, 1.165) is 32.6 Å². The van der Waals surface area contributed by atoms with Gasteiger partial charge in [0.15, 0.2) is 0 Å². The molecule has 1 aromatic carbocycles. The molecule has 1 fully saturated rings. The van der Waals surface area contributed by atoms with Gasteiger partial charge in [0.05, 0.1) is 0 Å². The molecule has 0 amide bonds. The molecule has 18 heavy (non-hydrogen) atoms. The Kier molecular flexibility index (Phi) is 5.99. The molecular formula is C13H19ClF2N2. The highest BCUT2D eigenvalue weighted by Gasteiger charge is 2.25. The van der Waals surface area contributed by atoms with E-state index in [1.54, 1.807) is 0 Å². The number of hydrogen-bond donors (Lipinski definition) is 1. The molecule has 0 radical (unpaired) electrons. The van der Waals surface area contributed by atoms with Crippen molar-refractivity contribution in [2.75, 3.05) is 26.2 Å². The van der Waals surface area contributed by atoms with Gasteiger partial charge in [-0.2, -0.15) is 0 Å². The highest BCUT2D eigenvalue weighted by molar-refractivity contribution is 5.85. The van der Waals surface area contributed by atoms with Crippen LogP contribution in [0.4, 0.5) is 8.78 Å². The van der Waals surface area contributed by atoms with Gasteiger partial charge in [-0.05, 0) is 18.6 Å². The summed E-state index contributed by atoms with van der Waals surface area (Å²) in [5.74, 6) is -0.870. The zero-order valence-electron chi connectivity index (χ0n) is 10.5. The van der Waals surface area contributed by atoms with Crippen molar-refractivity contribution in [3.8, 4) is 0 Å². The van der Waals surface area contributed by atoms with Gasteiger partial charge in [0.25, 0.3) is 0 Å². The second-order valence-electron chi connectivity index (χ2n) is 4.35. The molecule has 1 heterocycles. The molecule has 0 spiro atoms. The van der Waals surface area contributed by atoms with Crippen LogP contribution in [0.25, 0.3) is 0 Å². The lowest BCUT2D eigenvalue weighted by atomic mass is 10.0. The molecule has 1 saturated heterocycles. The zero-order chi connectivity index (χ0) is 12.3. The number of halogens is 3. The predicted octanol–water partition coefficient (Wildman–Crippen LogP) is 2.74. The third-order valence-electron chi connectivity index (χ3n) is 3.31. The van der Waals surface area contributed by atoms with E-state index in [-0.39, 0.29) is 24.0 Å². The van der Waals surface area contributed by atoms with Crippen LogP contribution in [0.2, 0.25) is 0 Å². The molecule has 102 valence electrons. The third kappa shape index (κ3) is 3.19. The molecular weight excluding hydrogens is 258 g/mol. The average molecular weight is 277 g/mol. The van der Waals surface area contributed by atoms with Gasteiger partial charge in [0.2, 0.25) is 0 Å². The Labute approximate surface area is 113 Å². The monoisotopic (exact) mass is 276 g/mol. The van der Waals surface area contributed by atoms with Crippen LogP contribution < -0.4 is 5.32 Å². The topological polar surface area (TPSA) is 15.3 Å². The quantitative estimate of drug-likeness (QED) is 0.913. The molecule has 0 unspecified atom stereocenters. The standard InChI is InChI=1S/C13H18F2N2.ClH/c1-2-12(17-8-6-16-7-9-17)13-10(14)4-3-5-11(13)15;/h3-5,12,16H,2,6-9H2,1H3;1H/t12-;/m1./s1. The molecule has 0 saturated carbocycles. The molecule has 5 heteroatoms. The highest BCUT2D eigenvalue weighted by Crippen LogP contribution is 2.28. The van der Waals surface area contributed by atoms with E-state index in [9.17, 15) is 8.78 Å². The van der Waals surface area contributed by atoms with Gasteiger partial charge < -0.3 is 5.32 Å². The molecule has 1 aromatic rings. The van der Waals surface area contributed by atoms with E-state index in [4.69, 9.17) is 0 Å². The van der Waals surface area contributed by atoms with E-state index in [1.807, 2.05) is 6.92 Å². The van der Waals surface area contributed by atoms with Crippen LogP contribution in [0.3, 0.4) is 0 Å². The number of nitrogens with zero attached hydrogens (tertiary/aromatic N) is 1. The fourth-order valence-corrected chi connectivity index (χ4v) is 2.47. The summed E-state index contributed by atoms with van der Waals surface area (Å²) < 4.78 is 27.5. The Morgan fingerprint density at radius 2 is 1.78 bits per heavy atom. The van der Waals surface area contributed by atoms with Crippen molar-refractivity contribution in [2.24, 2.45) is 0 Å². The maximum absolute atomic E-state index is 13.8. The number of benzene rings is 1. The molecule has 1 aliphatic heterocycles. The fourth-order valence-electron chi connectivity index (χ4n) is 2.47. The molecule has 1 aliphatic rings. The van der Waals surface area contributed by atoms with Crippen LogP contribution in [0.1, 0.15) is 24.9 Å². The Morgan fingerprint density at radius 1 is 1.22 bits per heavy atom. The van der Waals surface area contributed by atoms with Crippen molar-refractivity contribution >= 4 is 12.4 Å². The predicted molar refractivity (Wildman–Crippen MR) is 71.1 cm³/mol. The summed E-state index contributed by atoms with van der Waals surface area (Å²) in [5.41, 5.74) is 0.219. The summed E-state index contributed by atoms with van der Waals surface area (Å²) in [6.45, 7) is 5.41. The van der Waals surface area contributed by atoms with Gasteiger partial charge in [-0.1, -0.05) is 13.0 Å². The minimum Gasteiger partial charge on any atom is -0.314 e. The summed E-state index contributed by atoms with van der Waals surface area (Å²) in [7, 11) is 0. The van der Waals surface area contributed by atoms with Crippen molar-refractivity contribution in [1.82, 2.24) is 10.2 Å². The highest BCUT2D eigenvalue weighted by atomic mass is 35.5. The van der Waals surface area contributed by atoms with Gasteiger partial charge in [0, 0.05) is 37.8 Å². The normalized spacial score (nSPS) is 18.2. The first kappa shape index (κ1) is 15.3. The van der Waals surface area contributed by atoms with Crippen molar-refractivity contribution in [2.45, 2.75) is 19.4 Å². The summed E-state index contributed by atoms with van der Waals surface area (Å²) in [4.78, 5) is 2.15. The van der Waals surface area contributed by atoms with Crippen LogP contribution in [-0.4, -0.2) is 31.1 Å². The number of piperazine rings is 1. The van der Waals surface area contributed by atoms with Gasteiger partial charge in [0.1, 0.15) is 11.6 Å². The summed E-state index contributed by atoms with van der Waals surface area (Å²) >= 11 is 0. The van der Waals surface area contributed by atoms with Gasteiger partial charge in [-0.15, -0.1) is 12.4 Å². The van der Waals surface area contributed by atoms with Gasteiger partial charge >= 0.3 is 0 Å². The van der Waals surface area contributed by atoms with E-state index in [1.165, 1.54) is 18.2 Å². The minimum absolute atomic E-state index is 0. The summed E-state index contributed by atoms with van der Waals surface area (Å²) in [6.07, 6.45) is 0.720. The van der Waals surface area contributed by atoms with Crippen LogP contribution in [0, 0.1) is 11.6 Å². The maximum atomic E-state index is 13.8. The number of rotatable bonds is 3. The number of hydrogen-bond acceptors (Lipinski definition) is 2. The summed E-state index contributed by atoms with van der Waals surface area (Å²) in [6, 6.07) is 3.93. The smallest absolute Gasteiger partial charge is 0.130 e. The minimum atomic E-state index is -0.435. The van der Waals surface area contributed by atoms with Gasteiger partial charge in [-0.25, -0.2) is 8.78 Å². The molecule has 0 aromatic heterocycles. The first-order valence-electron chi connectivity index (χ1n) is 6.12.